The van der Waals surface area contributed by atoms with Gasteiger partial charge in [-0.15, -0.1) is 13.2 Å². The van der Waals surface area contributed by atoms with Gasteiger partial charge in [0.1, 0.15) is 11.6 Å². The number of unbranched alkanes of at least 4 members (excludes halogenated alkanes) is 4. The molecule has 5 atom stereocenters. The van der Waals surface area contributed by atoms with Crippen LogP contribution < -0.4 is 0 Å². The third-order valence-electron chi connectivity index (χ3n) is 7.80. The largest absolute Gasteiger partial charge is 0.465 e. The number of carbonyl (C=O) groups is 3. The number of carbonyl (C=O) groups excluding carboxylic acids is 3. The van der Waals surface area contributed by atoms with Crippen LogP contribution in [0.1, 0.15) is 72.1 Å². The number of allylic oxidation sites excluding steroid dienone is 1. The number of nitrogens with zero attached hydrogens (tertiary/aromatic N) is 2. The first-order valence-electron chi connectivity index (χ1n) is 13.4. The summed E-state index contributed by atoms with van der Waals surface area (Å²) < 4.78 is 12.0. The lowest BCUT2D eigenvalue weighted by atomic mass is 9.70. The van der Waals surface area contributed by atoms with Crippen molar-refractivity contribution in [3.8, 4) is 0 Å². The van der Waals surface area contributed by atoms with Gasteiger partial charge in [0.15, 0.2) is 0 Å². The molecule has 3 aliphatic heterocycles. The molecule has 2 bridgehead atoms. The second kappa shape index (κ2) is 11.9. The Bertz CT molecular complexity index is 836. The van der Waals surface area contributed by atoms with Crippen molar-refractivity contribution in [2.24, 2.45) is 11.8 Å². The topological polar surface area (TPSA) is 96.4 Å². The molecule has 2 unspecified atom stereocenters. The molecule has 8 heteroatoms. The number of hydrogen-bond donors (Lipinski definition) is 1. The minimum Gasteiger partial charge on any atom is -0.465 e. The van der Waals surface area contributed by atoms with Gasteiger partial charge in [0.05, 0.1) is 24.5 Å². The summed E-state index contributed by atoms with van der Waals surface area (Å²) in [6.45, 7) is 14.6. The van der Waals surface area contributed by atoms with Crippen LogP contribution in [-0.2, 0) is 23.9 Å². The highest BCUT2D eigenvalue weighted by Gasteiger charge is 2.75. The molecule has 0 aromatic heterocycles. The lowest BCUT2D eigenvalue weighted by molar-refractivity contribution is -0.155. The molecule has 0 saturated carbocycles. The molecular formula is C28H44N2O6. The summed E-state index contributed by atoms with van der Waals surface area (Å²) in [6, 6.07) is -0.782. The van der Waals surface area contributed by atoms with Crippen LogP contribution in [0.3, 0.4) is 0 Å². The van der Waals surface area contributed by atoms with Gasteiger partial charge in [0, 0.05) is 25.2 Å². The quantitative estimate of drug-likeness (QED) is 0.222. The Morgan fingerprint density at radius 1 is 1.19 bits per heavy atom. The monoisotopic (exact) mass is 504 g/mol. The summed E-state index contributed by atoms with van der Waals surface area (Å²) in [5.74, 6) is -2.14. The van der Waals surface area contributed by atoms with E-state index in [9.17, 15) is 14.4 Å². The van der Waals surface area contributed by atoms with Gasteiger partial charge in [-0.25, -0.2) is 0 Å². The Hall–Kier alpha value is -2.19. The molecule has 202 valence electrons. The van der Waals surface area contributed by atoms with Gasteiger partial charge in [-0.1, -0.05) is 25.0 Å². The molecule has 3 rings (SSSR count). The fourth-order valence-electron chi connectivity index (χ4n) is 6.16. The zero-order valence-corrected chi connectivity index (χ0v) is 22.2. The predicted octanol–water partition coefficient (Wildman–Crippen LogP) is 3.24. The van der Waals surface area contributed by atoms with E-state index in [4.69, 9.17) is 14.6 Å². The molecule has 1 N–H and O–H groups in total. The van der Waals surface area contributed by atoms with Crippen LogP contribution in [0.2, 0.25) is 0 Å². The summed E-state index contributed by atoms with van der Waals surface area (Å²) in [5.41, 5.74) is -1.49. The molecule has 3 aliphatic rings. The first-order chi connectivity index (χ1) is 17.1. The number of fused-ring (bicyclic) bond motifs is 1. The molecule has 2 amide bonds. The number of hydrogen-bond acceptors (Lipinski definition) is 6. The van der Waals surface area contributed by atoms with Crippen molar-refractivity contribution in [1.82, 2.24) is 9.80 Å². The van der Waals surface area contributed by atoms with Crippen LogP contribution in [0.15, 0.2) is 25.3 Å². The lowest BCUT2D eigenvalue weighted by Gasteiger charge is -2.42. The van der Waals surface area contributed by atoms with Crippen LogP contribution >= 0.6 is 0 Å². The predicted molar refractivity (Wildman–Crippen MR) is 137 cm³/mol. The molecule has 0 aromatic rings. The SMILES string of the molecule is C=CCCCOC(=O)[C@@H]1[C@H]2C(=O)N(CCCCCCO)C(C(=O)N(CC=C)C(C)(C)C)C23CC[C@H]1O3. The van der Waals surface area contributed by atoms with Crippen molar-refractivity contribution < 1.29 is 29.0 Å². The Kier molecular flexibility index (Phi) is 9.39. The standard InChI is InChI=1S/C28H44N2O6/c1-6-8-13-19-35-26(34)21-20-14-15-28(36-20)22(21)24(32)29(17-11-9-10-12-18-31)23(28)25(33)30(16-7-2)27(3,4)5/h6-7,20-23,31H,1-2,8-19H2,3-5H3/t20-,21+,22+,23?,28?/m1/s1. The number of ether oxygens (including phenoxy) is 2. The van der Waals surface area contributed by atoms with Crippen molar-refractivity contribution in [2.45, 2.75) is 95.4 Å². The Morgan fingerprint density at radius 2 is 1.92 bits per heavy atom. The maximum atomic E-state index is 14.2. The molecule has 3 saturated heterocycles. The zero-order valence-electron chi connectivity index (χ0n) is 22.2. The molecule has 8 nitrogen and oxygen atoms in total. The fraction of sp³-hybridized carbons (Fsp3) is 0.750. The summed E-state index contributed by atoms with van der Waals surface area (Å²) >= 11 is 0. The molecule has 0 radical (unpaired) electrons. The highest BCUT2D eigenvalue weighted by Crippen LogP contribution is 2.59. The van der Waals surface area contributed by atoms with Gasteiger partial charge >= 0.3 is 5.97 Å². The smallest absolute Gasteiger partial charge is 0.312 e. The average molecular weight is 505 g/mol. The van der Waals surface area contributed by atoms with Crippen LogP contribution in [0.25, 0.3) is 0 Å². The molecule has 3 heterocycles. The summed E-state index contributed by atoms with van der Waals surface area (Å²) in [6.07, 6.45) is 8.82. The van der Waals surface area contributed by atoms with Crippen molar-refractivity contribution in [3.05, 3.63) is 25.3 Å². The average Bonchev–Trinajstić information content (AvgIpc) is 3.46. The summed E-state index contributed by atoms with van der Waals surface area (Å²) in [7, 11) is 0. The Morgan fingerprint density at radius 3 is 2.56 bits per heavy atom. The normalized spacial score (nSPS) is 28.8. The van der Waals surface area contributed by atoms with E-state index >= 15 is 0 Å². The van der Waals surface area contributed by atoms with Gasteiger partial charge in [-0.2, -0.15) is 0 Å². The second-order valence-corrected chi connectivity index (χ2v) is 11.2. The van der Waals surface area contributed by atoms with Gasteiger partial charge in [-0.05, 0) is 59.3 Å². The second-order valence-electron chi connectivity index (χ2n) is 11.2. The van der Waals surface area contributed by atoms with E-state index in [1.54, 1.807) is 22.0 Å². The van der Waals surface area contributed by atoms with E-state index in [2.05, 4.69) is 13.2 Å². The van der Waals surface area contributed by atoms with Crippen molar-refractivity contribution in [2.75, 3.05) is 26.3 Å². The van der Waals surface area contributed by atoms with Crippen LogP contribution in [0.4, 0.5) is 0 Å². The van der Waals surface area contributed by atoms with Gasteiger partial charge in [0.25, 0.3) is 0 Å². The summed E-state index contributed by atoms with van der Waals surface area (Å²) in [4.78, 5) is 44.7. The van der Waals surface area contributed by atoms with Crippen molar-refractivity contribution in [3.63, 3.8) is 0 Å². The lowest BCUT2D eigenvalue weighted by Crippen LogP contribution is -2.59. The van der Waals surface area contributed by atoms with Gasteiger partial charge in [0.2, 0.25) is 11.8 Å². The minimum atomic E-state index is -1.01. The van der Waals surface area contributed by atoms with Crippen molar-refractivity contribution in [1.29, 1.82) is 0 Å². The molecular weight excluding hydrogens is 460 g/mol. The number of amides is 2. The molecule has 36 heavy (non-hydrogen) atoms. The highest BCUT2D eigenvalue weighted by atomic mass is 16.6. The van der Waals surface area contributed by atoms with E-state index in [-0.39, 0.29) is 25.0 Å². The minimum absolute atomic E-state index is 0.142. The first-order valence-corrected chi connectivity index (χ1v) is 13.4. The van der Waals surface area contributed by atoms with E-state index in [0.29, 0.717) is 38.8 Å². The number of esters is 1. The summed E-state index contributed by atoms with van der Waals surface area (Å²) in [5, 5.41) is 9.09. The molecule has 0 aromatic carbocycles. The number of rotatable bonds is 14. The third kappa shape index (κ3) is 5.40. The fourth-order valence-corrected chi connectivity index (χ4v) is 6.16. The van der Waals surface area contributed by atoms with Crippen molar-refractivity contribution >= 4 is 17.8 Å². The first kappa shape index (κ1) is 28.4. The van der Waals surface area contributed by atoms with Gasteiger partial charge < -0.3 is 24.4 Å². The molecule has 3 fully saturated rings. The highest BCUT2D eigenvalue weighted by molar-refractivity contribution is 5.98. The van der Waals surface area contributed by atoms with E-state index in [0.717, 1.165) is 25.7 Å². The maximum Gasteiger partial charge on any atom is 0.312 e. The number of aliphatic hydroxyl groups is 1. The maximum absolute atomic E-state index is 14.2. The molecule has 1 spiro atoms. The van der Waals surface area contributed by atoms with Crippen LogP contribution in [-0.4, -0.2) is 82.3 Å². The number of likely N-dealkylation sites (tertiary alicyclic amines) is 1. The Balaban J connectivity index is 1.90. The van der Waals surface area contributed by atoms with Crippen LogP contribution in [0.5, 0.6) is 0 Å². The van der Waals surface area contributed by atoms with E-state index in [1.165, 1.54) is 0 Å². The molecule has 0 aliphatic carbocycles. The van der Waals surface area contributed by atoms with Gasteiger partial charge in [-0.3, -0.25) is 14.4 Å². The zero-order chi connectivity index (χ0) is 26.5. The van der Waals surface area contributed by atoms with E-state index < -0.39 is 41.1 Å². The van der Waals surface area contributed by atoms with E-state index in [1.807, 2.05) is 20.8 Å². The van der Waals surface area contributed by atoms with Crippen LogP contribution in [0, 0.1) is 11.8 Å². The Labute approximate surface area is 215 Å². The third-order valence-corrected chi connectivity index (χ3v) is 7.80. The number of aliphatic hydroxyl groups excluding tert-OH is 1.